The minimum atomic E-state index is -3.76. The number of carbonyl (C=O) groups excluding carboxylic acids is 1. The van der Waals surface area contributed by atoms with Gasteiger partial charge in [-0.2, -0.15) is 4.31 Å². The summed E-state index contributed by atoms with van der Waals surface area (Å²) in [7, 11) is -3.76. The van der Waals surface area contributed by atoms with Crippen LogP contribution >= 0.6 is 22.9 Å². The SMILES string of the molecule is O=C(Nc1cccc2ccccc12)[C@@H]1CCCCN1S(=O)(=O)c1ccc(Cl)s1. The quantitative estimate of drug-likeness (QED) is 0.645. The Morgan fingerprint density at radius 1 is 1.07 bits per heavy atom. The Bertz CT molecular complexity index is 1120. The van der Waals surface area contributed by atoms with Crippen LogP contribution in [0.3, 0.4) is 0 Å². The Balaban J connectivity index is 1.63. The van der Waals surface area contributed by atoms with Crippen molar-refractivity contribution in [3.8, 4) is 0 Å². The Kier molecular flexibility index (Phi) is 5.42. The maximum Gasteiger partial charge on any atom is 0.253 e. The number of carbonyl (C=O) groups is 1. The number of amides is 1. The van der Waals surface area contributed by atoms with Crippen LogP contribution in [-0.2, 0) is 14.8 Å². The number of hydrogen-bond donors (Lipinski definition) is 1. The van der Waals surface area contributed by atoms with Gasteiger partial charge in [-0.3, -0.25) is 4.79 Å². The van der Waals surface area contributed by atoms with Gasteiger partial charge in [0, 0.05) is 17.6 Å². The molecular formula is C20H19ClN2O3S2. The molecule has 0 unspecified atom stereocenters. The summed E-state index contributed by atoms with van der Waals surface area (Å²) in [6.07, 6.45) is 2.04. The third-order valence-electron chi connectivity index (χ3n) is 4.92. The smallest absolute Gasteiger partial charge is 0.253 e. The molecule has 8 heteroatoms. The number of sulfonamides is 1. The summed E-state index contributed by atoms with van der Waals surface area (Å²) in [6.45, 7) is 0.325. The fourth-order valence-electron chi connectivity index (χ4n) is 3.56. The van der Waals surface area contributed by atoms with Crippen LogP contribution < -0.4 is 5.32 Å². The van der Waals surface area contributed by atoms with Crippen molar-refractivity contribution in [3.63, 3.8) is 0 Å². The summed E-state index contributed by atoms with van der Waals surface area (Å²) in [6, 6.07) is 15.8. The van der Waals surface area contributed by atoms with Crippen LogP contribution in [0, 0.1) is 0 Å². The first-order valence-electron chi connectivity index (χ1n) is 9.02. The molecule has 0 aliphatic carbocycles. The monoisotopic (exact) mass is 434 g/mol. The van der Waals surface area contributed by atoms with Crippen LogP contribution in [0.1, 0.15) is 19.3 Å². The fourth-order valence-corrected chi connectivity index (χ4v) is 6.83. The van der Waals surface area contributed by atoms with E-state index in [1.54, 1.807) is 6.07 Å². The van der Waals surface area contributed by atoms with Crippen molar-refractivity contribution >= 4 is 55.3 Å². The molecule has 4 rings (SSSR count). The topological polar surface area (TPSA) is 66.5 Å². The zero-order valence-corrected chi connectivity index (χ0v) is 17.4. The third-order valence-corrected chi connectivity index (χ3v) is 8.52. The molecule has 0 saturated carbocycles. The molecule has 1 saturated heterocycles. The van der Waals surface area contributed by atoms with E-state index in [1.165, 1.54) is 10.4 Å². The van der Waals surface area contributed by atoms with E-state index in [0.29, 0.717) is 23.0 Å². The average molecular weight is 435 g/mol. The second-order valence-corrected chi connectivity index (χ2v) is 10.5. The van der Waals surface area contributed by atoms with E-state index in [0.717, 1.165) is 35.0 Å². The van der Waals surface area contributed by atoms with E-state index in [1.807, 2.05) is 42.5 Å². The second kappa shape index (κ2) is 7.83. The minimum absolute atomic E-state index is 0.169. The first-order chi connectivity index (χ1) is 13.5. The number of anilines is 1. The highest BCUT2D eigenvalue weighted by Gasteiger charge is 2.38. The van der Waals surface area contributed by atoms with E-state index in [4.69, 9.17) is 11.6 Å². The van der Waals surface area contributed by atoms with E-state index >= 15 is 0 Å². The van der Waals surface area contributed by atoms with Gasteiger partial charge in [-0.15, -0.1) is 11.3 Å². The molecule has 146 valence electrons. The standard InChI is InChI=1S/C20H19ClN2O3S2/c21-18-11-12-19(27-18)28(25,26)23-13-4-3-10-17(23)20(24)22-16-9-5-7-14-6-1-2-8-15(14)16/h1-2,5-9,11-12,17H,3-4,10,13H2,(H,22,24)/t17-/m0/s1. The summed E-state index contributed by atoms with van der Waals surface area (Å²) in [4.78, 5) is 13.1. The molecule has 5 nitrogen and oxygen atoms in total. The van der Waals surface area contributed by atoms with Gasteiger partial charge in [0.05, 0.1) is 4.34 Å². The van der Waals surface area contributed by atoms with E-state index in [2.05, 4.69) is 5.32 Å². The van der Waals surface area contributed by atoms with Crippen molar-refractivity contribution < 1.29 is 13.2 Å². The van der Waals surface area contributed by atoms with Crippen molar-refractivity contribution in [3.05, 3.63) is 58.9 Å². The Labute approximate surface area is 173 Å². The molecule has 1 fully saturated rings. The van der Waals surface area contributed by atoms with Crippen LogP contribution in [0.2, 0.25) is 4.34 Å². The lowest BCUT2D eigenvalue weighted by atomic mass is 10.0. The molecule has 1 aliphatic rings. The fraction of sp³-hybridized carbons (Fsp3) is 0.250. The molecule has 1 amide bonds. The number of piperidine rings is 1. The minimum Gasteiger partial charge on any atom is -0.324 e. The second-order valence-electron chi connectivity index (χ2n) is 6.70. The molecule has 1 aliphatic heterocycles. The lowest BCUT2D eigenvalue weighted by Gasteiger charge is -2.33. The summed E-state index contributed by atoms with van der Waals surface area (Å²) in [5, 5.41) is 4.89. The van der Waals surface area contributed by atoms with Crippen molar-refractivity contribution in [2.24, 2.45) is 0 Å². The molecule has 1 atom stereocenters. The van der Waals surface area contributed by atoms with Crippen molar-refractivity contribution in [2.45, 2.75) is 29.5 Å². The predicted octanol–water partition coefficient (Wildman–Crippen LogP) is 4.74. The van der Waals surface area contributed by atoms with Gasteiger partial charge in [-0.05, 0) is 36.4 Å². The van der Waals surface area contributed by atoms with Crippen LogP contribution in [-0.4, -0.2) is 31.2 Å². The first-order valence-corrected chi connectivity index (χ1v) is 11.7. The Morgan fingerprint density at radius 3 is 2.64 bits per heavy atom. The highest BCUT2D eigenvalue weighted by atomic mass is 35.5. The molecule has 28 heavy (non-hydrogen) atoms. The average Bonchev–Trinajstić information content (AvgIpc) is 3.15. The van der Waals surface area contributed by atoms with Crippen LogP contribution in [0.25, 0.3) is 10.8 Å². The van der Waals surface area contributed by atoms with Crippen LogP contribution in [0.15, 0.2) is 58.8 Å². The molecule has 2 aromatic carbocycles. The van der Waals surface area contributed by atoms with E-state index in [9.17, 15) is 13.2 Å². The maximum absolute atomic E-state index is 13.1. The summed E-state index contributed by atoms with van der Waals surface area (Å²) >= 11 is 6.94. The number of fused-ring (bicyclic) bond motifs is 1. The lowest BCUT2D eigenvalue weighted by Crippen LogP contribution is -2.49. The van der Waals surface area contributed by atoms with Gasteiger partial charge in [0.2, 0.25) is 5.91 Å². The first kappa shape index (κ1) is 19.4. The lowest BCUT2D eigenvalue weighted by molar-refractivity contribution is -0.120. The number of thiophene rings is 1. The zero-order chi connectivity index (χ0) is 19.7. The predicted molar refractivity (Wildman–Crippen MR) is 113 cm³/mol. The van der Waals surface area contributed by atoms with Gasteiger partial charge < -0.3 is 5.32 Å². The molecule has 0 bridgehead atoms. The largest absolute Gasteiger partial charge is 0.324 e. The number of nitrogens with one attached hydrogen (secondary N) is 1. The number of rotatable bonds is 4. The number of hydrogen-bond acceptors (Lipinski definition) is 4. The highest BCUT2D eigenvalue weighted by Crippen LogP contribution is 2.32. The maximum atomic E-state index is 13.1. The van der Waals surface area contributed by atoms with Gasteiger partial charge in [0.25, 0.3) is 10.0 Å². The Hall–Kier alpha value is -1.93. The Morgan fingerprint density at radius 2 is 1.86 bits per heavy atom. The third kappa shape index (κ3) is 3.67. The molecule has 2 heterocycles. The van der Waals surface area contributed by atoms with Gasteiger partial charge in [0.1, 0.15) is 10.3 Å². The van der Waals surface area contributed by atoms with Crippen LogP contribution in [0.5, 0.6) is 0 Å². The summed E-state index contributed by atoms with van der Waals surface area (Å²) in [5.41, 5.74) is 0.685. The van der Waals surface area contributed by atoms with Gasteiger partial charge in [0.15, 0.2) is 0 Å². The summed E-state index contributed by atoms with van der Waals surface area (Å²) in [5.74, 6) is -0.303. The van der Waals surface area contributed by atoms with E-state index < -0.39 is 16.1 Å². The van der Waals surface area contributed by atoms with Gasteiger partial charge in [-0.25, -0.2) is 8.42 Å². The normalized spacial score (nSPS) is 18.2. The number of halogens is 1. The molecular weight excluding hydrogens is 416 g/mol. The highest BCUT2D eigenvalue weighted by molar-refractivity contribution is 7.91. The molecule has 1 N–H and O–H groups in total. The zero-order valence-electron chi connectivity index (χ0n) is 15.0. The molecule has 3 aromatic rings. The van der Waals surface area contributed by atoms with Crippen LogP contribution in [0.4, 0.5) is 5.69 Å². The summed E-state index contributed by atoms with van der Waals surface area (Å²) < 4.78 is 28.1. The molecule has 1 aromatic heterocycles. The number of benzene rings is 2. The van der Waals surface area contributed by atoms with Gasteiger partial charge >= 0.3 is 0 Å². The van der Waals surface area contributed by atoms with Crippen molar-refractivity contribution in [1.82, 2.24) is 4.31 Å². The van der Waals surface area contributed by atoms with E-state index in [-0.39, 0.29) is 10.1 Å². The van der Waals surface area contributed by atoms with Crippen molar-refractivity contribution in [1.29, 1.82) is 0 Å². The molecule has 0 spiro atoms. The molecule has 0 radical (unpaired) electrons. The number of nitrogens with zero attached hydrogens (tertiary/aromatic N) is 1. The van der Waals surface area contributed by atoms with Gasteiger partial charge in [-0.1, -0.05) is 54.4 Å². The van der Waals surface area contributed by atoms with Crippen molar-refractivity contribution in [2.75, 3.05) is 11.9 Å².